The number of halogens is 1. The summed E-state index contributed by atoms with van der Waals surface area (Å²) in [6.07, 6.45) is 4.35. The SMILES string of the molecule is CC(C)C[C@H]1NC(=O)[C@H]2CN(Cc3cnn(-c4ccc(F)cc4)c3)CCN2C1=O. The van der Waals surface area contributed by atoms with Crippen LogP contribution in [0.5, 0.6) is 0 Å². The maximum Gasteiger partial charge on any atom is 0.245 e. The number of carbonyl (C=O) groups excluding carboxylic acids is 2. The fourth-order valence-corrected chi connectivity index (χ4v) is 4.07. The van der Waals surface area contributed by atoms with Crippen LogP contribution in [-0.2, 0) is 16.1 Å². The summed E-state index contributed by atoms with van der Waals surface area (Å²) >= 11 is 0. The van der Waals surface area contributed by atoms with Crippen LogP contribution in [0, 0.1) is 11.7 Å². The summed E-state index contributed by atoms with van der Waals surface area (Å²) in [7, 11) is 0. The molecular formula is C21H26FN5O2. The molecule has 1 N–H and O–H groups in total. The van der Waals surface area contributed by atoms with Gasteiger partial charge < -0.3 is 10.2 Å². The third-order valence-corrected chi connectivity index (χ3v) is 5.51. The first-order valence-electron chi connectivity index (χ1n) is 10.0. The number of hydrogen-bond donors (Lipinski definition) is 1. The van der Waals surface area contributed by atoms with E-state index in [1.54, 1.807) is 27.9 Å². The molecule has 2 aromatic rings. The standard InChI is InChI=1S/C21H26FN5O2/c1-14(2)9-18-21(29)26-8-7-25(13-19(26)20(28)24-18)11-15-10-23-27(12-15)17-5-3-16(22)4-6-17/h3-6,10,12,14,18-19H,7-9,11,13H2,1-2H3,(H,24,28)/t18-,19-/m1/s1. The monoisotopic (exact) mass is 399 g/mol. The Labute approximate surface area is 169 Å². The molecule has 3 heterocycles. The number of piperazine rings is 2. The molecule has 2 amide bonds. The average Bonchev–Trinajstić information content (AvgIpc) is 3.14. The number of benzene rings is 1. The summed E-state index contributed by atoms with van der Waals surface area (Å²) in [6.45, 7) is 6.52. The molecule has 0 spiro atoms. The van der Waals surface area contributed by atoms with Gasteiger partial charge in [-0.3, -0.25) is 14.5 Å². The number of rotatable bonds is 5. The highest BCUT2D eigenvalue weighted by Crippen LogP contribution is 2.21. The molecule has 4 rings (SSSR count). The van der Waals surface area contributed by atoms with Crippen molar-refractivity contribution in [1.29, 1.82) is 0 Å². The van der Waals surface area contributed by atoms with Crippen LogP contribution in [0.2, 0.25) is 0 Å². The average molecular weight is 399 g/mol. The van der Waals surface area contributed by atoms with Crippen molar-refractivity contribution < 1.29 is 14.0 Å². The summed E-state index contributed by atoms with van der Waals surface area (Å²) in [5.74, 6) is 0.0312. The normalized spacial score (nSPS) is 22.7. The molecule has 7 nitrogen and oxygen atoms in total. The molecule has 0 aliphatic carbocycles. The van der Waals surface area contributed by atoms with E-state index in [4.69, 9.17) is 0 Å². The summed E-state index contributed by atoms with van der Waals surface area (Å²) in [5.41, 5.74) is 1.79. The van der Waals surface area contributed by atoms with Gasteiger partial charge in [0, 0.05) is 37.9 Å². The molecule has 0 radical (unpaired) electrons. The second-order valence-corrected chi connectivity index (χ2v) is 8.24. The van der Waals surface area contributed by atoms with Crippen molar-refractivity contribution in [3.63, 3.8) is 0 Å². The van der Waals surface area contributed by atoms with E-state index in [0.29, 0.717) is 38.5 Å². The first-order chi connectivity index (χ1) is 13.9. The Hall–Kier alpha value is -2.74. The fourth-order valence-electron chi connectivity index (χ4n) is 4.07. The maximum atomic E-state index is 13.1. The lowest BCUT2D eigenvalue weighted by Gasteiger charge is -2.45. The van der Waals surface area contributed by atoms with Crippen molar-refractivity contribution in [3.05, 3.63) is 48.0 Å². The van der Waals surface area contributed by atoms with Crippen LogP contribution in [0.1, 0.15) is 25.8 Å². The summed E-state index contributed by atoms with van der Waals surface area (Å²) in [4.78, 5) is 29.3. The number of aromatic nitrogens is 2. The zero-order valence-electron chi connectivity index (χ0n) is 16.7. The minimum atomic E-state index is -0.438. The second-order valence-electron chi connectivity index (χ2n) is 8.24. The Morgan fingerprint density at radius 3 is 2.69 bits per heavy atom. The third-order valence-electron chi connectivity index (χ3n) is 5.51. The topological polar surface area (TPSA) is 70.5 Å². The van der Waals surface area contributed by atoms with E-state index in [0.717, 1.165) is 11.3 Å². The van der Waals surface area contributed by atoms with E-state index in [-0.39, 0.29) is 17.6 Å². The van der Waals surface area contributed by atoms with Gasteiger partial charge in [0.05, 0.1) is 11.9 Å². The molecule has 0 bridgehead atoms. The Balaban J connectivity index is 1.40. The van der Waals surface area contributed by atoms with E-state index in [1.165, 1.54) is 12.1 Å². The number of nitrogens with zero attached hydrogens (tertiary/aromatic N) is 4. The van der Waals surface area contributed by atoms with Crippen molar-refractivity contribution in [2.75, 3.05) is 19.6 Å². The van der Waals surface area contributed by atoms with Crippen molar-refractivity contribution in [3.8, 4) is 5.69 Å². The van der Waals surface area contributed by atoms with Crippen LogP contribution >= 0.6 is 0 Å². The predicted octanol–water partition coefficient (Wildman–Crippen LogP) is 1.57. The van der Waals surface area contributed by atoms with Gasteiger partial charge in [-0.25, -0.2) is 9.07 Å². The lowest BCUT2D eigenvalue weighted by atomic mass is 9.97. The molecule has 154 valence electrons. The molecule has 8 heteroatoms. The Morgan fingerprint density at radius 1 is 1.21 bits per heavy atom. The van der Waals surface area contributed by atoms with Crippen molar-refractivity contribution >= 4 is 11.8 Å². The Bertz CT molecular complexity index is 895. The Morgan fingerprint density at radius 2 is 1.97 bits per heavy atom. The van der Waals surface area contributed by atoms with Crippen LogP contribution < -0.4 is 5.32 Å². The van der Waals surface area contributed by atoms with Crippen LogP contribution in [0.4, 0.5) is 4.39 Å². The highest BCUT2D eigenvalue weighted by atomic mass is 19.1. The van der Waals surface area contributed by atoms with E-state index in [2.05, 4.69) is 29.2 Å². The molecule has 1 aromatic heterocycles. The lowest BCUT2D eigenvalue weighted by Crippen LogP contribution is -2.69. The summed E-state index contributed by atoms with van der Waals surface area (Å²) < 4.78 is 14.8. The first kappa shape index (κ1) is 19.6. The molecule has 2 saturated heterocycles. The maximum absolute atomic E-state index is 13.1. The molecule has 0 saturated carbocycles. The third kappa shape index (κ3) is 4.17. The smallest absolute Gasteiger partial charge is 0.245 e. The van der Waals surface area contributed by atoms with E-state index in [9.17, 15) is 14.0 Å². The van der Waals surface area contributed by atoms with Gasteiger partial charge in [-0.2, -0.15) is 5.10 Å². The largest absolute Gasteiger partial charge is 0.342 e. The zero-order valence-corrected chi connectivity index (χ0v) is 16.7. The lowest BCUT2D eigenvalue weighted by molar-refractivity contribution is -0.153. The van der Waals surface area contributed by atoms with Crippen LogP contribution in [0.15, 0.2) is 36.7 Å². The van der Waals surface area contributed by atoms with Gasteiger partial charge >= 0.3 is 0 Å². The molecule has 2 atom stereocenters. The number of hydrogen-bond acceptors (Lipinski definition) is 4. The highest BCUT2D eigenvalue weighted by Gasteiger charge is 2.43. The summed E-state index contributed by atoms with van der Waals surface area (Å²) in [6, 6.07) is 5.32. The van der Waals surface area contributed by atoms with Crippen LogP contribution in [0.3, 0.4) is 0 Å². The predicted molar refractivity (Wildman–Crippen MR) is 106 cm³/mol. The van der Waals surface area contributed by atoms with Gasteiger partial charge in [0.15, 0.2) is 0 Å². The van der Waals surface area contributed by atoms with E-state index < -0.39 is 12.1 Å². The zero-order chi connectivity index (χ0) is 20.5. The van der Waals surface area contributed by atoms with Crippen LogP contribution in [0.25, 0.3) is 5.69 Å². The fraction of sp³-hybridized carbons (Fsp3) is 0.476. The van der Waals surface area contributed by atoms with Crippen molar-refractivity contribution in [1.82, 2.24) is 24.9 Å². The molecule has 0 unspecified atom stereocenters. The molecule has 2 aliphatic rings. The van der Waals surface area contributed by atoms with Crippen molar-refractivity contribution in [2.24, 2.45) is 5.92 Å². The van der Waals surface area contributed by atoms with Crippen LogP contribution in [-0.4, -0.2) is 63.1 Å². The van der Waals surface area contributed by atoms with Gasteiger partial charge in [-0.1, -0.05) is 13.8 Å². The molecule has 2 fully saturated rings. The van der Waals surface area contributed by atoms with E-state index >= 15 is 0 Å². The number of carbonyl (C=O) groups is 2. The minimum Gasteiger partial charge on any atom is -0.342 e. The summed E-state index contributed by atoms with van der Waals surface area (Å²) in [5, 5.41) is 7.26. The minimum absolute atomic E-state index is 0.0343. The van der Waals surface area contributed by atoms with Gasteiger partial charge in [-0.15, -0.1) is 0 Å². The van der Waals surface area contributed by atoms with Gasteiger partial charge in [0.2, 0.25) is 11.8 Å². The molecule has 29 heavy (non-hydrogen) atoms. The number of amides is 2. The number of fused-ring (bicyclic) bond motifs is 1. The first-order valence-corrected chi connectivity index (χ1v) is 10.0. The second kappa shape index (κ2) is 7.94. The van der Waals surface area contributed by atoms with Gasteiger partial charge in [0.25, 0.3) is 0 Å². The number of nitrogens with one attached hydrogen (secondary N) is 1. The highest BCUT2D eigenvalue weighted by molar-refractivity contribution is 5.97. The van der Waals surface area contributed by atoms with Gasteiger partial charge in [-0.05, 0) is 36.6 Å². The molecule has 1 aromatic carbocycles. The quantitative estimate of drug-likeness (QED) is 0.829. The Kier molecular flexibility index (Phi) is 5.36. The molecular weight excluding hydrogens is 373 g/mol. The van der Waals surface area contributed by atoms with Gasteiger partial charge in [0.1, 0.15) is 17.9 Å². The van der Waals surface area contributed by atoms with Crippen molar-refractivity contribution in [2.45, 2.75) is 38.9 Å². The molecule has 2 aliphatic heterocycles. The van der Waals surface area contributed by atoms with E-state index in [1.807, 2.05) is 6.20 Å².